The molecule has 3 rings (SSSR count). The number of fused-ring (bicyclic) bond motifs is 1. The van der Waals surface area contributed by atoms with Crippen LogP contribution in [0.1, 0.15) is 28.8 Å². The predicted octanol–water partition coefficient (Wildman–Crippen LogP) is 4.63. The Hall–Kier alpha value is -2.28. The Balaban J connectivity index is 2.04. The summed E-state index contributed by atoms with van der Waals surface area (Å²) in [6.07, 6.45) is -4.35. The first kappa shape index (κ1) is 15.6. The molecular formula is C16H14F3N3S. The van der Waals surface area contributed by atoms with Crippen molar-refractivity contribution in [2.75, 3.05) is 11.5 Å². The third-order valence-corrected chi connectivity index (χ3v) is 5.04. The minimum Gasteiger partial charge on any atom is -0.397 e. The van der Waals surface area contributed by atoms with Crippen molar-refractivity contribution in [1.82, 2.24) is 4.98 Å². The maximum atomic E-state index is 12.9. The number of nitrogens with zero attached hydrogens (tertiary/aromatic N) is 1. The van der Waals surface area contributed by atoms with E-state index in [4.69, 9.17) is 11.5 Å². The highest BCUT2D eigenvalue weighted by atomic mass is 32.1. The summed E-state index contributed by atoms with van der Waals surface area (Å²) in [4.78, 5) is 5.11. The van der Waals surface area contributed by atoms with Gasteiger partial charge < -0.3 is 11.5 Å². The fourth-order valence-corrected chi connectivity index (χ4v) is 3.55. The molecule has 2 aromatic heterocycles. The molecule has 0 aliphatic carbocycles. The van der Waals surface area contributed by atoms with Crippen LogP contribution in [0, 0.1) is 0 Å². The van der Waals surface area contributed by atoms with E-state index in [1.165, 1.54) is 23.5 Å². The smallest absolute Gasteiger partial charge is 0.397 e. The molecule has 0 bridgehead atoms. The molecule has 0 spiro atoms. The Labute approximate surface area is 134 Å². The van der Waals surface area contributed by atoms with Crippen molar-refractivity contribution in [2.24, 2.45) is 0 Å². The summed E-state index contributed by atoms with van der Waals surface area (Å²) in [5, 5.41) is 0. The van der Waals surface area contributed by atoms with Crippen LogP contribution in [0.3, 0.4) is 0 Å². The van der Waals surface area contributed by atoms with Crippen molar-refractivity contribution < 1.29 is 13.2 Å². The zero-order valence-corrected chi connectivity index (χ0v) is 13.0. The van der Waals surface area contributed by atoms with Gasteiger partial charge in [0.15, 0.2) is 0 Å². The Morgan fingerprint density at radius 1 is 1.13 bits per heavy atom. The molecule has 1 aromatic carbocycles. The predicted molar refractivity (Wildman–Crippen MR) is 87.4 cm³/mol. The highest BCUT2D eigenvalue weighted by Gasteiger charge is 2.30. The first-order valence-corrected chi connectivity index (χ1v) is 7.70. The summed E-state index contributed by atoms with van der Waals surface area (Å²) in [5.41, 5.74) is 12.8. The maximum absolute atomic E-state index is 12.9. The van der Waals surface area contributed by atoms with Crippen LogP contribution in [-0.2, 0) is 6.18 Å². The van der Waals surface area contributed by atoms with E-state index in [9.17, 15) is 13.2 Å². The normalized spacial score (nSPS) is 13.4. The van der Waals surface area contributed by atoms with Gasteiger partial charge in [0.05, 0.1) is 21.5 Å². The number of nitrogen functional groups attached to an aromatic ring is 2. The van der Waals surface area contributed by atoms with Gasteiger partial charge in [0.1, 0.15) is 5.82 Å². The van der Waals surface area contributed by atoms with Crippen LogP contribution in [0.15, 0.2) is 36.4 Å². The molecule has 0 saturated heterocycles. The Bertz CT molecular complexity index is 871. The lowest BCUT2D eigenvalue weighted by Gasteiger charge is -2.13. The number of benzene rings is 1. The molecule has 23 heavy (non-hydrogen) atoms. The lowest BCUT2D eigenvalue weighted by atomic mass is 9.97. The van der Waals surface area contributed by atoms with E-state index in [1.54, 1.807) is 12.1 Å². The van der Waals surface area contributed by atoms with Gasteiger partial charge in [-0.3, -0.25) is 0 Å². The van der Waals surface area contributed by atoms with Crippen LogP contribution in [-0.4, -0.2) is 4.98 Å². The van der Waals surface area contributed by atoms with E-state index in [1.807, 2.05) is 13.0 Å². The molecule has 120 valence electrons. The highest BCUT2D eigenvalue weighted by molar-refractivity contribution is 7.19. The standard InChI is InChI=1S/C16H14F3N3S/c1-8(9-3-2-4-10(5-9)16(17,18)19)13-7-12-15(23-13)11(20)6-14(21)22-12/h2-8H,1H3,(H4,20,21,22)/t8-/m0/s1. The zero-order valence-electron chi connectivity index (χ0n) is 12.2. The molecule has 0 unspecified atom stereocenters. The second kappa shape index (κ2) is 5.42. The van der Waals surface area contributed by atoms with Gasteiger partial charge in [-0.1, -0.05) is 25.1 Å². The molecular weight excluding hydrogens is 323 g/mol. The van der Waals surface area contributed by atoms with Crippen molar-refractivity contribution >= 4 is 33.1 Å². The van der Waals surface area contributed by atoms with Crippen LogP contribution >= 0.6 is 11.3 Å². The topological polar surface area (TPSA) is 64.9 Å². The average Bonchev–Trinajstić information content (AvgIpc) is 2.90. The van der Waals surface area contributed by atoms with Gasteiger partial charge in [0.2, 0.25) is 0 Å². The van der Waals surface area contributed by atoms with Crippen LogP contribution in [0.25, 0.3) is 10.2 Å². The summed E-state index contributed by atoms with van der Waals surface area (Å²) in [7, 11) is 0. The molecule has 0 radical (unpaired) electrons. The van der Waals surface area contributed by atoms with E-state index in [2.05, 4.69) is 4.98 Å². The molecule has 3 nitrogen and oxygen atoms in total. The largest absolute Gasteiger partial charge is 0.416 e. The maximum Gasteiger partial charge on any atom is 0.416 e. The second-order valence-electron chi connectivity index (χ2n) is 5.34. The SMILES string of the molecule is C[C@@H](c1cccc(C(F)(F)F)c1)c1cc2nc(N)cc(N)c2s1. The third kappa shape index (κ3) is 2.96. The number of anilines is 2. The van der Waals surface area contributed by atoms with Crippen molar-refractivity contribution in [1.29, 1.82) is 0 Å². The molecule has 0 aliphatic heterocycles. The number of thiophene rings is 1. The minimum atomic E-state index is -4.35. The summed E-state index contributed by atoms with van der Waals surface area (Å²) in [6, 6.07) is 8.78. The van der Waals surface area contributed by atoms with E-state index in [-0.39, 0.29) is 5.92 Å². The van der Waals surface area contributed by atoms with Gasteiger partial charge in [-0.15, -0.1) is 11.3 Å². The van der Waals surface area contributed by atoms with Crippen LogP contribution in [0.2, 0.25) is 0 Å². The lowest BCUT2D eigenvalue weighted by molar-refractivity contribution is -0.137. The van der Waals surface area contributed by atoms with Gasteiger partial charge >= 0.3 is 6.18 Å². The van der Waals surface area contributed by atoms with E-state index in [0.29, 0.717) is 22.6 Å². The molecule has 0 amide bonds. The molecule has 0 saturated carbocycles. The van der Waals surface area contributed by atoms with Crippen molar-refractivity contribution in [3.63, 3.8) is 0 Å². The number of pyridine rings is 1. The average molecular weight is 337 g/mol. The van der Waals surface area contributed by atoms with Crippen molar-refractivity contribution in [3.05, 3.63) is 52.4 Å². The molecule has 0 aliphatic rings. The van der Waals surface area contributed by atoms with Crippen LogP contribution in [0.5, 0.6) is 0 Å². The Morgan fingerprint density at radius 2 is 1.87 bits per heavy atom. The van der Waals surface area contributed by atoms with Crippen LogP contribution in [0.4, 0.5) is 24.7 Å². The monoisotopic (exact) mass is 337 g/mol. The first-order chi connectivity index (χ1) is 10.8. The van der Waals surface area contributed by atoms with E-state index >= 15 is 0 Å². The van der Waals surface area contributed by atoms with E-state index in [0.717, 1.165) is 15.6 Å². The summed E-state index contributed by atoms with van der Waals surface area (Å²) in [5.74, 6) is 0.128. The quantitative estimate of drug-likeness (QED) is 0.716. The fourth-order valence-electron chi connectivity index (χ4n) is 2.45. The molecule has 4 N–H and O–H groups in total. The molecule has 2 heterocycles. The molecule has 0 fully saturated rings. The highest BCUT2D eigenvalue weighted by Crippen LogP contribution is 2.38. The van der Waals surface area contributed by atoms with Crippen molar-refractivity contribution in [2.45, 2.75) is 19.0 Å². The lowest BCUT2D eigenvalue weighted by Crippen LogP contribution is -2.06. The molecule has 7 heteroatoms. The van der Waals surface area contributed by atoms with Gasteiger partial charge in [-0.05, 0) is 17.7 Å². The first-order valence-electron chi connectivity index (χ1n) is 6.88. The zero-order chi connectivity index (χ0) is 16.8. The Morgan fingerprint density at radius 3 is 2.57 bits per heavy atom. The molecule has 1 atom stereocenters. The van der Waals surface area contributed by atoms with Gasteiger partial charge in [0.25, 0.3) is 0 Å². The minimum absolute atomic E-state index is 0.197. The van der Waals surface area contributed by atoms with Gasteiger partial charge in [0, 0.05) is 16.9 Å². The molecule has 3 aromatic rings. The van der Waals surface area contributed by atoms with Gasteiger partial charge in [-0.25, -0.2) is 4.98 Å². The van der Waals surface area contributed by atoms with Gasteiger partial charge in [-0.2, -0.15) is 13.2 Å². The Kier molecular flexibility index (Phi) is 3.68. The third-order valence-electron chi connectivity index (χ3n) is 3.69. The number of hydrogen-bond acceptors (Lipinski definition) is 4. The summed E-state index contributed by atoms with van der Waals surface area (Å²) < 4.78 is 39.4. The number of alkyl halides is 3. The summed E-state index contributed by atoms with van der Waals surface area (Å²) >= 11 is 1.42. The van der Waals surface area contributed by atoms with Crippen molar-refractivity contribution in [3.8, 4) is 0 Å². The number of halogens is 3. The van der Waals surface area contributed by atoms with E-state index < -0.39 is 11.7 Å². The number of hydrogen-bond donors (Lipinski definition) is 2. The van der Waals surface area contributed by atoms with Crippen LogP contribution < -0.4 is 11.5 Å². The number of rotatable bonds is 2. The second-order valence-corrected chi connectivity index (χ2v) is 6.43. The fraction of sp³-hybridized carbons (Fsp3) is 0.188. The summed E-state index contributed by atoms with van der Waals surface area (Å²) in [6.45, 7) is 1.86. The number of aromatic nitrogens is 1. The number of nitrogens with two attached hydrogens (primary N) is 2.